The van der Waals surface area contributed by atoms with Crippen molar-refractivity contribution < 1.29 is 0 Å². The van der Waals surface area contributed by atoms with Crippen molar-refractivity contribution in [2.45, 2.75) is 59.3 Å². The fraction of sp³-hybridized carbons (Fsp3) is 0.917. The first-order chi connectivity index (χ1) is 5.70. The smallest absolute Gasteiger partial charge is 0.0414 e. The molecule has 0 rings (SSSR count). The topological polar surface area (TPSA) is 0 Å². The minimum absolute atomic E-state index is 0.640. The summed E-state index contributed by atoms with van der Waals surface area (Å²) in [6.45, 7) is 10.8. The van der Waals surface area contributed by atoms with Crippen molar-refractivity contribution in [2.75, 3.05) is 0 Å². The van der Waals surface area contributed by atoms with E-state index in [0.29, 0.717) is 5.92 Å². The summed E-state index contributed by atoms with van der Waals surface area (Å²) in [6, 6.07) is 0. The lowest BCUT2D eigenvalue weighted by molar-refractivity contribution is 0.381. The summed E-state index contributed by atoms with van der Waals surface area (Å²) in [5, 5.41) is 0. The maximum absolute atomic E-state index is 4.03. The fourth-order valence-corrected chi connectivity index (χ4v) is 1.77. The maximum Gasteiger partial charge on any atom is -0.0414 e. The molecule has 73 valence electrons. The maximum atomic E-state index is 4.03. The second kappa shape index (κ2) is 7.64. The van der Waals surface area contributed by atoms with Crippen LogP contribution in [0, 0.1) is 18.8 Å². The van der Waals surface area contributed by atoms with E-state index in [1.807, 2.05) is 0 Å². The molecule has 1 radical (unpaired) electrons. The Labute approximate surface area is 78.8 Å². The molecule has 0 heterocycles. The summed E-state index contributed by atoms with van der Waals surface area (Å²) in [6.07, 6.45) is 8.23. The van der Waals surface area contributed by atoms with Crippen LogP contribution in [0.15, 0.2) is 0 Å². The second-order valence-electron chi connectivity index (χ2n) is 4.13. The molecule has 0 aliphatic heterocycles. The largest absolute Gasteiger partial charge is 0.0654 e. The zero-order chi connectivity index (χ0) is 9.40. The summed E-state index contributed by atoms with van der Waals surface area (Å²) in [5.41, 5.74) is 0. The van der Waals surface area contributed by atoms with Crippen LogP contribution in [0.3, 0.4) is 0 Å². The molecule has 0 N–H and O–H groups in total. The molecule has 0 aromatic rings. The minimum Gasteiger partial charge on any atom is -0.0654 e. The van der Waals surface area contributed by atoms with Crippen LogP contribution in [0.25, 0.3) is 0 Å². The van der Waals surface area contributed by atoms with Crippen molar-refractivity contribution in [3.8, 4) is 0 Å². The Morgan fingerprint density at radius 3 is 1.75 bits per heavy atom. The van der Waals surface area contributed by atoms with E-state index in [0.717, 1.165) is 5.92 Å². The number of hydrogen-bond acceptors (Lipinski definition) is 0. The van der Waals surface area contributed by atoms with Crippen molar-refractivity contribution in [2.24, 2.45) is 11.8 Å². The zero-order valence-corrected chi connectivity index (χ0v) is 9.10. The Balaban J connectivity index is 3.48. The quantitative estimate of drug-likeness (QED) is 0.528. The first-order valence-corrected chi connectivity index (χ1v) is 5.53. The van der Waals surface area contributed by atoms with Crippen LogP contribution >= 0.6 is 0 Å². The Kier molecular flexibility index (Phi) is 7.64. The molecule has 0 saturated carbocycles. The molecule has 0 aromatic heterocycles. The van der Waals surface area contributed by atoms with E-state index >= 15 is 0 Å². The molecule has 0 heteroatoms. The molecule has 0 aliphatic rings. The van der Waals surface area contributed by atoms with Crippen LogP contribution < -0.4 is 0 Å². The number of hydrogen-bond donors (Lipinski definition) is 0. The molecular weight excluding hydrogens is 144 g/mol. The predicted molar refractivity (Wildman–Crippen MR) is 57.1 cm³/mol. The van der Waals surface area contributed by atoms with Gasteiger partial charge in [0.25, 0.3) is 0 Å². The van der Waals surface area contributed by atoms with Crippen molar-refractivity contribution in [1.29, 1.82) is 0 Å². The molecule has 0 nitrogen and oxygen atoms in total. The third-order valence-electron chi connectivity index (χ3n) is 2.46. The van der Waals surface area contributed by atoms with Gasteiger partial charge in [-0.05, 0) is 11.8 Å². The Bertz CT molecular complexity index is 78.0. The summed E-state index contributed by atoms with van der Waals surface area (Å²) in [7, 11) is 0. The normalized spacial score (nSPS) is 11.5. The van der Waals surface area contributed by atoms with Crippen molar-refractivity contribution in [3.05, 3.63) is 6.92 Å². The van der Waals surface area contributed by atoms with E-state index in [1.54, 1.807) is 0 Å². The van der Waals surface area contributed by atoms with Gasteiger partial charge in [-0.25, -0.2) is 0 Å². The van der Waals surface area contributed by atoms with Gasteiger partial charge < -0.3 is 0 Å². The standard InChI is InChI=1S/C12H25/c1-5-7-12(8-6-2)10-9-11(3)4/h11-12H,3,5-10H2,1-2,4H3. The summed E-state index contributed by atoms with van der Waals surface area (Å²) >= 11 is 0. The Hall–Kier alpha value is 0. The van der Waals surface area contributed by atoms with Gasteiger partial charge >= 0.3 is 0 Å². The second-order valence-corrected chi connectivity index (χ2v) is 4.13. The van der Waals surface area contributed by atoms with E-state index in [-0.39, 0.29) is 0 Å². The Morgan fingerprint density at radius 1 is 0.917 bits per heavy atom. The molecular formula is C12H25. The van der Waals surface area contributed by atoms with Crippen LogP contribution in [0.2, 0.25) is 0 Å². The highest BCUT2D eigenvalue weighted by molar-refractivity contribution is 4.62. The van der Waals surface area contributed by atoms with Gasteiger partial charge in [-0.2, -0.15) is 0 Å². The average molecular weight is 169 g/mol. The van der Waals surface area contributed by atoms with E-state index < -0.39 is 0 Å². The molecule has 1 atom stereocenters. The van der Waals surface area contributed by atoms with Gasteiger partial charge in [-0.15, -0.1) is 0 Å². The highest BCUT2D eigenvalue weighted by Crippen LogP contribution is 2.21. The first-order valence-electron chi connectivity index (χ1n) is 5.53. The molecule has 1 unspecified atom stereocenters. The molecule has 0 fully saturated rings. The zero-order valence-electron chi connectivity index (χ0n) is 9.10. The third kappa shape index (κ3) is 6.69. The van der Waals surface area contributed by atoms with Crippen LogP contribution in [-0.2, 0) is 0 Å². The predicted octanol–water partition coefficient (Wildman–Crippen LogP) is 4.45. The molecule has 0 aromatic carbocycles. The van der Waals surface area contributed by atoms with Crippen molar-refractivity contribution in [1.82, 2.24) is 0 Å². The van der Waals surface area contributed by atoms with Gasteiger partial charge in [0.15, 0.2) is 0 Å². The lowest BCUT2D eigenvalue weighted by Crippen LogP contribution is -2.01. The molecule has 0 amide bonds. The van der Waals surface area contributed by atoms with Crippen LogP contribution in [0.1, 0.15) is 59.3 Å². The van der Waals surface area contributed by atoms with E-state index in [4.69, 9.17) is 0 Å². The van der Waals surface area contributed by atoms with Gasteiger partial charge in [-0.3, -0.25) is 0 Å². The monoisotopic (exact) mass is 169 g/mol. The minimum atomic E-state index is 0.640. The van der Waals surface area contributed by atoms with Crippen LogP contribution in [0.5, 0.6) is 0 Å². The molecule has 0 aliphatic carbocycles. The highest BCUT2D eigenvalue weighted by atomic mass is 14.1. The summed E-state index contributed by atoms with van der Waals surface area (Å²) < 4.78 is 0. The molecule has 0 spiro atoms. The van der Waals surface area contributed by atoms with Crippen molar-refractivity contribution >= 4 is 0 Å². The molecule has 12 heavy (non-hydrogen) atoms. The highest BCUT2D eigenvalue weighted by Gasteiger charge is 2.06. The van der Waals surface area contributed by atoms with E-state index in [2.05, 4.69) is 27.7 Å². The molecule has 0 saturated heterocycles. The fourth-order valence-electron chi connectivity index (χ4n) is 1.77. The van der Waals surface area contributed by atoms with Gasteiger partial charge in [-0.1, -0.05) is 66.2 Å². The van der Waals surface area contributed by atoms with Crippen LogP contribution in [-0.4, -0.2) is 0 Å². The van der Waals surface area contributed by atoms with Gasteiger partial charge in [0.05, 0.1) is 0 Å². The van der Waals surface area contributed by atoms with Gasteiger partial charge in [0.1, 0.15) is 0 Å². The number of rotatable bonds is 7. The lowest BCUT2D eigenvalue weighted by atomic mass is 9.91. The first kappa shape index (κ1) is 12.0. The van der Waals surface area contributed by atoms with Gasteiger partial charge in [0.2, 0.25) is 0 Å². The molecule has 0 bridgehead atoms. The van der Waals surface area contributed by atoms with Crippen LogP contribution in [0.4, 0.5) is 0 Å². The Morgan fingerprint density at radius 2 is 1.42 bits per heavy atom. The summed E-state index contributed by atoms with van der Waals surface area (Å²) in [4.78, 5) is 0. The lowest BCUT2D eigenvalue weighted by Gasteiger charge is -2.15. The third-order valence-corrected chi connectivity index (χ3v) is 2.46. The van der Waals surface area contributed by atoms with Gasteiger partial charge in [0, 0.05) is 0 Å². The average Bonchev–Trinajstić information content (AvgIpc) is 2.01. The van der Waals surface area contributed by atoms with Crippen molar-refractivity contribution in [3.63, 3.8) is 0 Å². The SMILES string of the molecule is [CH2]C(C)CCC(CCC)CCC. The summed E-state index contributed by atoms with van der Waals surface area (Å²) in [5.74, 6) is 1.62. The van der Waals surface area contributed by atoms with E-state index in [9.17, 15) is 0 Å². The van der Waals surface area contributed by atoms with E-state index in [1.165, 1.54) is 38.5 Å².